The van der Waals surface area contributed by atoms with Crippen molar-refractivity contribution in [3.8, 4) is 0 Å². The number of nitrogen functional groups attached to an aromatic ring is 1. The van der Waals surface area contributed by atoms with Gasteiger partial charge in [-0.2, -0.15) is 13.2 Å². The summed E-state index contributed by atoms with van der Waals surface area (Å²) in [6.07, 6.45) is -4.44. The molecule has 0 bridgehead atoms. The highest BCUT2D eigenvalue weighted by atomic mass is 32.2. The van der Waals surface area contributed by atoms with Crippen LogP contribution in [-0.2, 0) is 11.9 Å². The second-order valence-corrected chi connectivity index (χ2v) is 5.21. The largest absolute Gasteiger partial charge is 0.416 e. The highest BCUT2D eigenvalue weighted by Gasteiger charge is 2.33. The Labute approximate surface area is 117 Å². The van der Waals surface area contributed by atoms with Crippen molar-refractivity contribution in [2.24, 2.45) is 0 Å². The van der Waals surface area contributed by atoms with Crippen molar-refractivity contribution in [2.45, 2.75) is 16.8 Å². The zero-order chi connectivity index (χ0) is 14.8. The molecule has 2 aromatic carbocycles. The van der Waals surface area contributed by atoms with Crippen LogP contribution in [0.25, 0.3) is 0 Å². The molecule has 2 aromatic rings. The molecule has 0 aromatic heterocycles. The van der Waals surface area contributed by atoms with Crippen LogP contribution in [0.15, 0.2) is 47.4 Å². The molecule has 0 aliphatic heterocycles. The molecule has 0 radical (unpaired) electrons. The Balaban J connectivity index is 2.19. The van der Waals surface area contributed by atoms with Crippen LogP contribution < -0.4 is 5.73 Å². The lowest BCUT2D eigenvalue weighted by atomic mass is 10.1. The maximum absolute atomic E-state index is 12.9. The SMILES string of the molecule is Nc1ccc(CSc2ccc(F)cc2)c(C(F)(F)F)c1. The second kappa shape index (κ2) is 5.75. The third-order valence-electron chi connectivity index (χ3n) is 2.65. The average molecular weight is 301 g/mol. The van der Waals surface area contributed by atoms with E-state index in [2.05, 4.69) is 0 Å². The first-order valence-corrected chi connectivity index (χ1v) is 6.69. The lowest BCUT2D eigenvalue weighted by molar-refractivity contribution is -0.138. The van der Waals surface area contributed by atoms with Crippen LogP contribution in [0.5, 0.6) is 0 Å². The molecular weight excluding hydrogens is 290 g/mol. The van der Waals surface area contributed by atoms with Crippen LogP contribution in [-0.4, -0.2) is 0 Å². The number of alkyl halides is 3. The molecule has 2 N–H and O–H groups in total. The lowest BCUT2D eigenvalue weighted by Gasteiger charge is -2.13. The molecule has 0 heterocycles. The Morgan fingerprint density at radius 3 is 2.25 bits per heavy atom. The number of benzene rings is 2. The summed E-state index contributed by atoms with van der Waals surface area (Å²) in [6.45, 7) is 0. The van der Waals surface area contributed by atoms with Crippen molar-refractivity contribution in [3.05, 3.63) is 59.4 Å². The Hall–Kier alpha value is -1.69. The van der Waals surface area contributed by atoms with E-state index in [0.29, 0.717) is 4.90 Å². The average Bonchev–Trinajstić information content (AvgIpc) is 2.38. The molecule has 0 fully saturated rings. The van der Waals surface area contributed by atoms with Gasteiger partial charge in [0, 0.05) is 16.3 Å². The maximum Gasteiger partial charge on any atom is 0.416 e. The van der Waals surface area contributed by atoms with Gasteiger partial charge in [0.25, 0.3) is 0 Å². The number of hydrogen-bond donors (Lipinski definition) is 1. The first-order valence-electron chi connectivity index (χ1n) is 5.70. The Morgan fingerprint density at radius 2 is 1.65 bits per heavy atom. The summed E-state index contributed by atoms with van der Waals surface area (Å²) in [6, 6.07) is 9.35. The van der Waals surface area contributed by atoms with Gasteiger partial charge in [-0.25, -0.2) is 4.39 Å². The van der Waals surface area contributed by atoms with Crippen molar-refractivity contribution in [1.29, 1.82) is 0 Å². The van der Waals surface area contributed by atoms with Gasteiger partial charge in [-0.1, -0.05) is 6.07 Å². The minimum Gasteiger partial charge on any atom is -0.399 e. The van der Waals surface area contributed by atoms with Gasteiger partial charge < -0.3 is 5.73 Å². The summed E-state index contributed by atoms with van der Waals surface area (Å²) in [5, 5.41) is 0. The predicted molar refractivity (Wildman–Crippen MR) is 71.8 cm³/mol. The number of thioether (sulfide) groups is 1. The fourth-order valence-electron chi connectivity index (χ4n) is 1.68. The molecule has 0 aliphatic carbocycles. The van der Waals surface area contributed by atoms with E-state index in [1.54, 1.807) is 0 Å². The van der Waals surface area contributed by atoms with E-state index in [1.165, 1.54) is 48.2 Å². The molecule has 20 heavy (non-hydrogen) atoms. The summed E-state index contributed by atoms with van der Waals surface area (Å²) in [7, 11) is 0. The number of halogens is 4. The first kappa shape index (κ1) is 14.7. The Morgan fingerprint density at radius 1 is 1.00 bits per heavy atom. The van der Waals surface area contributed by atoms with E-state index in [0.717, 1.165) is 6.07 Å². The summed E-state index contributed by atoms with van der Waals surface area (Å²) >= 11 is 1.21. The fourth-order valence-corrected chi connectivity index (χ4v) is 2.58. The molecular formula is C14H11F4NS. The molecule has 0 amide bonds. The fraction of sp³-hybridized carbons (Fsp3) is 0.143. The molecule has 0 atom stereocenters. The van der Waals surface area contributed by atoms with Crippen LogP contribution in [0.3, 0.4) is 0 Å². The Bertz CT molecular complexity index is 593. The molecule has 1 nitrogen and oxygen atoms in total. The number of rotatable bonds is 3. The molecule has 0 spiro atoms. The van der Waals surface area contributed by atoms with Gasteiger partial charge in [-0.15, -0.1) is 11.8 Å². The van der Waals surface area contributed by atoms with Crippen molar-refractivity contribution >= 4 is 17.4 Å². The van der Waals surface area contributed by atoms with E-state index in [9.17, 15) is 17.6 Å². The minimum absolute atomic E-state index is 0.0767. The van der Waals surface area contributed by atoms with Crippen molar-refractivity contribution in [2.75, 3.05) is 5.73 Å². The van der Waals surface area contributed by atoms with Gasteiger partial charge in [-0.05, 0) is 42.0 Å². The highest BCUT2D eigenvalue weighted by molar-refractivity contribution is 7.98. The van der Waals surface area contributed by atoms with Crippen molar-refractivity contribution in [1.82, 2.24) is 0 Å². The molecule has 106 valence electrons. The highest BCUT2D eigenvalue weighted by Crippen LogP contribution is 2.36. The first-order chi connectivity index (χ1) is 9.36. The van der Waals surface area contributed by atoms with Crippen LogP contribution in [0.4, 0.5) is 23.2 Å². The zero-order valence-corrected chi connectivity index (χ0v) is 11.1. The smallest absolute Gasteiger partial charge is 0.399 e. The molecule has 0 saturated heterocycles. The number of anilines is 1. The summed E-state index contributed by atoms with van der Waals surface area (Å²) in [5.74, 6) is -0.237. The van der Waals surface area contributed by atoms with E-state index in [-0.39, 0.29) is 22.8 Å². The summed E-state index contributed by atoms with van der Waals surface area (Å²) in [5.41, 5.74) is 4.90. The topological polar surface area (TPSA) is 26.0 Å². The molecule has 6 heteroatoms. The normalized spacial score (nSPS) is 11.6. The molecule has 2 rings (SSSR count). The number of nitrogens with two attached hydrogens (primary N) is 1. The zero-order valence-electron chi connectivity index (χ0n) is 10.2. The van der Waals surface area contributed by atoms with Crippen LogP contribution >= 0.6 is 11.8 Å². The van der Waals surface area contributed by atoms with E-state index in [4.69, 9.17) is 5.73 Å². The van der Waals surface area contributed by atoms with E-state index < -0.39 is 11.7 Å². The van der Waals surface area contributed by atoms with Crippen LogP contribution in [0.2, 0.25) is 0 Å². The summed E-state index contributed by atoms with van der Waals surface area (Å²) < 4.78 is 51.4. The predicted octanol–water partition coefficient (Wildman–Crippen LogP) is 4.72. The quantitative estimate of drug-likeness (QED) is 0.504. The number of hydrogen-bond acceptors (Lipinski definition) is 2. The van der Waals surface area contributed by atoms with Crippen LogP contribution in [0, 0.1) is 5.82 Å². The third kappa shape index (κ3) is 3.66. The second-order valence-electron chi connectivity index (χ2n) is 4.16. The van der Waals surface area contributed by atoms with Gasteiger partial charge in [0.2, 0.25) is 0 Å². The van der Waals surface area contributed by atoms with E-state index in [1.807, 2.05) is 0 Å². The van der Waals surface area contributed by atoms with Gasteiger partial charge >= 0.3 is 6.18 Å². The van der Waals surface area contributed by atoms with E-state index >= 15 is 0 Å². The Kier molecular flexibility index (Phi) is 4.23. The molecule has 0 aliphatic rings. The lowest BCUT2D eigenvalue weighted by Crippen LogP contribution is -2.09. The molecule has 0 unspecified atom stereocenters. The standard InChI is InChI=1S/C14H11F4NS/c15-10-2-5-12(6-3-10)20-8-9-1-4-11(19)7-13(9)14(16,17)18/h1-7H,8,19H2. The summed E-state index contributed by atoms with van der Waals surface area (Å²) in [4.78, 5) is 0.705. The monoisotopic (exact) mass is 301 g/mol. The van der Waals surface area contributed by atoms with Gasteiger partial charge in [-0.3, -0.25) is 0 Å². The van der Waals surface area contributed by atoms with Crippen LogP contribution in [0.1, 0.15) is 11.1 Å². The van der Waals surface area contributed by atoms with Crippen molar-refractivity contribution in [3.63, 3.8) is 0 Å². The van der Waals surface area contributed by atoms with Gasteiger partial charge in [0.1, 0.15) is 5.82 Å². The van der Waals surface area contributed by atoms with Crippen molar-refractivity contribution < 1.29 is 17.6 Å². The molecule has 0 saturated carbocycles. The minimum atomic E-state index is -4.44. The maximum atomic E-state index is 12.9. The van der Waals surface area contributed by atoms with Gasteiger partial charge in [0.05, 0.1) is 5.56 Å². The van der Waals surface area contributed by atoms with Gasteiger partial charge in [0.15, 0.2) is 0 Å². The third-order valence-corrected chi connectivity index (χ3v) is 3.71.